The Balaban J connectivity index is 1.30. The predicted octanol–water partition coefficient (Wildman–Crippen LogP) is 3.17. The third-order valence-electron chi connectivity index (χ3n) is 5.63. The number of benzene rings is 2. The number of amides is 2. The minimum atomic E-state index is 0.0173. The van der Waals surface area contributed by atoms with Crippen LogP contribution in [0.4, 0.5) is 0 Å². The van der Waals surface area contributed by atoms with Crippen LogP contribution in [0.2, 0.25) is 0 Å². The van der Waals surface area contributed by atoms with Gasteiger partial charge in [0.05, 0.1) is 6.61 Å². The molecule has 2 unspecified atom stereocenters. The van der Waals surface area contributed by atoms with Crippen LogP contribution in [0.25, 0.3) is 0 Å². The molecule has 0 N–H and O–H groups in total. The first kappa shape index (κ1) is 18.5. The first-order valence-corrected chi connectivity index (χ1v) is 10.0. The van der Waals surface area contributed by atoms with Crippen LogP contribution in [0.5, 0.6) is 5.75 Å². The van der Waals surface area contributed by atoms with Crippen LogP contribution in [0.1, 0.15) is 35.2 Å². The standard InChI is InChI=1S/C23H26N2O3/c1-2-28-19-10-8-18(9-11-19)22(26)24-12-14-25(15-13-24)23(27)21-16-20(21)17-6-4-3-5-7-17/h3-11,20-21H,2,12-16H2,1H3. The van der Waals surface area contributed by atoms with Crippen molar-refractivity contribution in [3.8, 4) is 5.75 Å². The average molecular weight is 378 g/mol. The van der Waals surface area contributed by atoms with Crippen LogP contribution >= 0.6 is 0 Å². The summed E-state index contributed by atoms with van der Waals surface area (Å²) in [4.78, 5) is 29.3. The Hall–Kier alpha value is -2.82. The molecule has 0 spiro atoms. The first-order chi connectivity index (χ1) is 13.7. The summed E-state index contributed by atoms with van der Waals surface area (Å²) in [5.74, 6) is 1.49. The van der Waals surface area contributed by atoms with Gasteiger partial charge in [-0.2, -0.15) is 0 Å². The Labute approximate surface area is 165 Å². The Bertz CT molecular complexity index is 827. The van der Waals surface area contributed by atoms with Gasteiger partial charge in [-0.3, -0.25) is 9.59 Å². The summed E-state index contributed by atoms with van der Waals surface area (Å²) in [7, 11) is 0. The number of ether oxygens (including phenoxy) is 1. The van der Waals surface area contributed by atoms with Gasteiger partial charge >= 0.3 is 0 Å². The lowest BCUT2D eigenvalue weighted by atomic mass is 10.1. The van der Waals surface area contributed by atoms with E-state index in [2.05, 4.69) is 12.1 Å². The lowest BCUT2D eigenvalue weighted by Crippen LogP contribution is -2.51. The zero-order chi connectivity index (χ0) is 19.5. The molecule has 2 amide bonds. The van der Waals surface area contributed by atoms with Gasteiger partial charge in [-0.15, -0.1) is 0 Å². The summed E-state index contributed by atoms with van der Waals surface area (Å²) in [6.07, 6.45) is 0.939. The Morgan fingerprint density at radius 3 is 2.21 bits per heavy atom. The normalized spacial score (nSPS) is 21.3. The number of nitrogens with zero attached hydrogens (tertiary/aromatic N) is 2. The smallest absolute Gasteiger partial charge is 0.253 e. The average Bonchev–Trinajstić information content (AvgIpc) is 3.55. The molecule has 5 nitrogen and oxygen atoms in total. The highest BCUT2D eigenvalue weighted by atomic mass is 16.5. The topological polar surface area (TPSA) is 49.9 Å². The van der Waals surface area contributed by atoms with E-state index in [9.17, 15) is 9.59 Å². The molecule has 2 fully saturated rings. The van der Waals surface area contributed by atoms with Gasteiger partial charge in [0.25, 0.3) is 5.91 Å². The molecule has 1 saturated carbocycles. The molecule has 1 heterocycles. The Morgan fingerprint density at radius 2 is 1.57 bits per heavy atom. The predicted molar refractivity (Wildman–Crippen MR) is 107 cm³/mol. The van der Waals surface area contributed by atoms with E-state index in [1.54, 1.807) is 12.1 Å². The van der Waals surface area contributed by atoms with E-state index in [1.807, 2.05) is 47.1 Å². The van der Waals surface area contributed by atoms with Crippen molar-refractivity contribution in [2.24, 2.45) is 5.92 Å². The lowest BCUT2D eigenvalue weighted by Gasteiger charge is -2.35. The van der Waals surface area contributed by atoms with Crippen LogP contribution < -0.4 is 4.74 Å². The van der Waals surface area contributed by atoms with E-state index >= 15 is 0 Å². The maximum Gasteiger partial charge on any atom is 0.253 e. The Kier molecular flexibility index (Phi) is 5.33. The molecule has 5 heteroatoms. The van der Waals surface area contributed by atoms with Crippen molar-refractivity contribution in [2.45, 2.75) is 19.3 Å². The maximum absolute atomic E-state index is 12.8. The van der Waals surface area contributed by atoms with Crippen molar-refractivity contribution >= 4 is 11.8 Å². The summed E-state index contributed by atoms with van der Waals surface area (Å²) in [6, 6.07) is 17.5. The second kappa shape index (κ2) is 8.05. The van der Waals surface area contributed by atoms with Gasteiger partial charge in [-0.25, -0.2) is 0 Å². The largest absolute Gasteiger partial charge is 0.494 e. The SMILES string of the molecule is CCOc1ccc(C(=O)N2CCN(C(=O)C3CC3c3ccccc3)CC2)cc1. The molecule has 0 aromatic heterocycles. The van der Waals surface area contributed by atoms with Gasteiger partial charge in [-0.1, -0.05) is 30.3 Å². The van der Waals surface area contributed by atoms with Crippen molar-refractivity contribution in [1.82, 2.24) is 9.80 Å². The fraction of sp³-hybridized carbons (Fsp3) is 0.391. The second-order valence-electron chi connectivity index (χ2n) is 7.43. The molecule has 2 atom stereocenters. The summed E-state index contributed by atoms with van der Waals surface area (Å²) >= 11 is 0. The minimum absolute atomic E-state index is 0.0173. The van der Waals surface area contributed by atoms with Crippen LogP contribution in [-0.2, 0) is 4.79 Å². The molecule has 28 heavy (non-hydrogen) atoms. The molecule has 1 aliphatic heterocycles. The zero-order valence-corrected chi connectivity index (χ0v) is 16.2. The van der Waals surface area contributed by atoms with Gasteiger partial charge in [0, 0.05) is 37.7 Å². The van der Waals surface area contributed by atoms with Crippen molar-refractivity contribution in [3.63, 3.8) is 0 Å². The van der Waals surface area contributed by atoms with E-state index in [1.165, 1.54) is 5.56 Å². The molecule has 2 aliphatic rings. The van der Waals surface area contributed by atoms with E-state index in [-0.39, 0.29) is 17.7 Å². The maximum atomic E-state index is 12.8. The van der Waals surface area contributed by atoms with Gasteiger partial charge in [0.2, 0.25) is 5.91 Å². The van der Waals surface area contributed by atoms with Gasteiger partial charge < -0.3 is 14.5 Å². The molecule has 2 aromatic rings. The molecule has 2 aromatic carbocycles. The van der Waals surface area contributed by atoms with Gasteiger partial charge in [-0.05, 0) is 49.1 Å². The second-order valence-corrected chi connectivity index (χ2v) is 7.43. The van der Waals surface area contributed by atoms with Crippen LogP contribution in [0.3, 0.4) is 0 Å². The molecule has 146 valence electrons. The van der Waals surface area contributed by atoms with Crippen LogP contribution in [0.15, 0.2) is 54.6 Å². The van der Waals surface area contributed by atoms with Crippen molar-refractivity contribution in [3.05, 3.63) is 65.7 Å². The monoisotopic (exact) mass is 378 g/mol. The quantitative estimate of drug-likeness (QED) is 0.803. The number of hydrogen-bond acceptors (Lipinski definition) is 3. The summed E-state index contributed by atoms with van der Waals surface area (Å²) in [5.41, 5.74) is 1.92. The summed E-state index contributed by atoms with van der Waals surface area (Å²) in [6.45, 7) is 4.93. The summed E-state index contributed by atoms with van der Waals surface area (Å²) in [5, 5.41) is 0. The van der Waals surface area contributed by atoms with E-state index in [0.29, 0.717) is 44.3 Å². The molecule has 0 radical (unpaired) electrons. The third-order valence-corrected chi connectivity index (χ3v) is 5.63. The zero-order valence-electron chi connectivity index (χ0n) is 16.2. The van der Waals surface area contributed by atoms with Crippen LogP contribution in [-0.4, -0.2) is 54.4 Å². The fourth-order valence-corrected chi connectivity index (χ4v) is 3.94. The molecule has 1 aliphatic carbocycles. The van der Waals surface area contributed by atoms with E-state index in [4.69, 9.17) is 4.74 Å². The number of carbonyl (C=O) groups is 2. The van der Waals surface area contributed by atoms with E-state index < -0.39 is 0 Å². The van der Waals surface area contributed by atoms with Crippen molar-refractivity contribution < 1.29 is 14.3 Å². The number of carbonyl (C=O) groups excluding carboxylic acids is 2. The highest BCUT2D eigenvalue weighted by Crippen LogP contribution is 2.48. The van der Waals surface area contributed by atoms with Crippen molar-refractivity contribution in [2.75, 3.05) is 32.8 Å². The summed E-state index contributed by atoms with van der Waals surface area (Å²) < 4.78 is 5.43. The lowest BCUT2D eigenvalue weighted by molar-refractivity contribution is -0.134. The van der Waals surface area contributed by atoms with Gasteiger partial charge in [0.15, 0.2) is 0 Å². The van der Waals surface area contributed by atoms with Crippen molar-refractivity contribution in [1.29, 1.82) is 0 Å². The Morgan fingerprint density at radius 1 is 0.929 bits per heavy atom. The molecule has 1 saturated heterocycles. The molecular formula is C23H26N2O3. The first-order valence-electron chi connectivity index (χ1n) is 10.0. The highest BCUT2D eigenvalue weighted by Gasteiger charge is 2.46. The van der Waals surface area contributed by atoms with Crippen LogP contribution in [0, 0.1) is 5.92 Å². The minimum Gasteiger partial charge on any atom is -0.494 e. The highest BCUT2D eigenvalue weighted by molar-refractivity contribution is 5.94. The fourth-order valence-electron chi connectivity index (χ4n) is 3.94. The molecule has 4 rings (SSSR count). The number of hydrogen-bond donors (Lipinski definition) is 0. The molecular weight excluding hydrogens is 352 g/mol. The number of rotatable bonds is 5. The molecule has 0 bridgehead atoms. The third kappa shape index (κ3) is 3.88. The van der Waals surface area contributed by atoms with E-state index in [0.717, 1.165) is 12.2 Å². The number of piperazine rings is 1. The van der Waals surface area contributed by atoms with Gasteiger partial charge in [0.1, 0.15) is 5.75 Å².